The molecule has 2 rings (SSSR count). The Morgan fingerprint density at radius 2 is 2.04 bits per heavy atom. The molecule has 0 aromatic carbocycles. The summed E-state index contributed by atoms with van der Waals surface area (Å²) in [5.74, 6) is 1.35. The zero-order chi connectivity index (χ0) is 17.0. The summed E-state index contributed by atoms with van der Waals surface area (Å²) in [6.45, 7) is 6.14. The van der Waals surface area contributed by atoms with Gasteiger partial charge in [0.1, 0.15) is 12.1 Å². The highest BCUT2D eigenvalue weighted by molar-refractivity contribution is 5.69. The number of nitrogens with zero attached hydrogens (tertiary/aromatic N) is 5. The van der Waals surface area contributed by atoms with Gasteiger partial charge in [-0.25, -0.2) is 14.6 Å². The van der Waals surface area contributed by atoms with Crippen molar-refractivity contribution < 1.29 is 9.53 Å². The third-order valence-corrected chi connectivity index (χ3v) is 3.64. The Morgan fingerprint density at radius 1 is 1.30 bits per heavy atom. The minimum Gasteiger partial charge on any atom is -0.466 e. The van der Waals surface area contributed by atoms with Gasteiger partial charge in [0.15, 0.2) is 5.82 Å². The lowest BCUT2D eigenvalue weighted by Crippen LogP contribution is -2.12. The van der Waals surface area contributed by atoms with Crippen molar-refractivity contribution in [2.24, 2.45) is 0 Å². The quantitative estimate of drug-likeness (QED) is 0.757. The van der Waals surface area contributed by atoms with Gasteiger partial charge in [-0.3, -0.25) is 4.79 Å². The zero-order valence-corrected chi connectivity index (χ0v) is 14.3. The predicted octanol–water partition coefficient (Wildman–Crippen LogP) is 1.84. The van der Waals surface area contributed by atoms with E-state index in [0.717, 1.165) is 22.8 Å². The SMILES string of the molecule is CCOC(=O)CCc1c(C)nn(-c2cc(N(C)C)ncn2)c1C. The lowest BCUT2D eigenvalue weighted by atomic mass is 10.1. The number of carbonyl (C=O) groups excluding carboxylic acids is 1. The Balaban J connectivity index is 2.27. The Labute approximate surface area is 136 Å². The van der Waals surface area contributed by atoms with Crippen LogP contribution in [0.15, 0.2) is 12.4 Å². The van der Waals surface area contributed by atoms with Gasteiger partial charge in [-0.15, -0.1) is 0 Å². The molecule has 0 fully saturated rings. The fourth-order valence-corrected chi connectivity index (χ4v) is 2.42. The van der Waals surface area contributed by atoms with Crippen LogP contribution in [0.5, 0.6) is 0 Å². The molecular weight excluding hydrogens is 294 g/mol. The largest absolute Gasteiger partial charge is 0.466 e. The molecule has 0 amide bonds. The number of hydrogen-bond acceptors (Lipinski definition) is 6. The molecule has 124 valence electrons. The van der Waals surface area contributed by atoms with Crippen molar-refractivity contribution in [3.05, 3.63) is 29.3 Å². The van der Waals surface area contributed by atoms with E-state index in [2.05, 4.69) is 15.1 Å². The summed E-state index contributed by atoms with van der Waals surface area (Å²) >= 11 is 0. The molecule has 0 aliphatic heterocycles. The first kappa shape index (κ1) is 16.9. The summed E-state index contributed by atoms with van der Waals surface area (Å²) in [6, 6.07) is 1.88. The molecule has 0 saturated heterocycles. The van der Waals surface area contributed by atoms with Crippen molar-refractivity contribution in [3.8, 4) is 5.82 Å². The number of aromatic nitrogens is 4. The van der Waals surface area contributed by atoms with E-state index in [-0.39, 0.29) is 5.97 Å². The molecule has 0 unspecified atom stereocenters. The molecule has 2 aromatic heterocycles. The molecule has 0 aliphatic carbocycles. The van der Waals surface area contributed by atoms with Crippen LogP contribution in [0.1, 0.15) is 30.3 Å². The first-order valence-corrected chi connectivity index (χ1v) is 7.64. The first-order valence-electron chi connectivity index (χ1n) is 7.64. The second-order valence-electron chi connectivity index (χ2n) is 5.50. The summed E-state index contributed by atoms with van der Waals surface area (Å²) in [7, 11) is 3.86. The minimum atomic E-state index is -0.184. The molecule has 7 heteroatoms. The molecule has 0 radical (unpaired) electrons. The van der Waals surface area contributed by atoms with Crippen LogP contribution in [0, 0.1) is 13.8 Å². The Hall–Kier alpha value is -2.44. The van der Waals surface area contributed by atoms with E-state index >= 15 is 0 Å². The highest BCUT2D eigenvalue weighted by atomic mass is 16.5. The van der Waals surface area contributed by atoms with Crippen LogP contribution >= 0.6 is 0 Å². The number of rotatable bonds is 6. The van der Waals surface area contributed by atoms with Gasteiger partial charge in [0.05, 0.1) is 12.3 Å². The maximum Gasteiger partial charge on any atom is 0.306 e. The Bertz CT molecular complexity index is 694. The van der Waals surface area contributed by atoms with Crippen LogP contribution in [0.25, 0.3) is 5.82 Å². The second kappa shape index (κ2) is 7.21. The van der Waals surface area contributed by atoms with E-state index in [9.17, 15) is 4.79 Å². The average Bonchev–Trinajstić information content (AvgIpc) is 2.80. The molecule has 2 aromatic rings. The predicted molar refractivity (Wildman–Crippen MR) is 87.9 cm³/mol. The van der Waals surface area contributed by atoms with E-state index in [0.29, 0.717) is 25.3 Å². The van der Waals surface area contributed by atoms with Crippen LogP contribution in [-0.4, -0.2) is 46.4 Å². The Kier molecular flexibility index (Phi) is 5.31. The normalized spacial score (nSPS) is 10.7. The van der Waals surface area contributed by atoms with Crippen molar-refractivity contribution in [2.75, 3.05) is 25.6 Å². The maximum absolute atomic E-state index is 11.6. The second-order valence-corrected chi connectivity index (χ2v) is 5.50. The topological polar surface area (TPSA) is 73.1 Å². The van der Waals surface area contributed by atoms with Gasteiger partial charge in [-0.2, -0.15) is 5.10 Å². The van der Waals surface area contributed by atoms with E-state index in [1.54, 1.807) is 4.68 Å². The summed E-state index contributed by atoms with van der Waals surface area (Å²) in [6.07, 6.45) is 2.50. The van der Waals surface area contributed by atoms with E-state index in [1.807, 2.05) is 45.8 Å². The van der Waals surface area contributed by atoms with Crippen LogP contribution in [0.2, 0.25) is 0 Å². The number of carbonyl (C=O) groups is 1. The zero-order valence-electron chi connectivity index (χ0n) is 14.3. The standard InChI is InChI=1S/C16H23N5O2/c1-6-23-16(22)8-7-13-11(2)19-21(12(13)3)15-9-14(20(4)5)17-10-18-15/h9-10H,6-8H2,1-5H3. The van der Waals surface area contributed by atoms with Gasteiger partial charge in [0.2, 0.25) is 0 Å². The summed E-state index contributed by atoms with van der Waals surface area (Å²) in [5.41, 5.74) is 2.94. The molecule has 0 spiro atoms. The van der Waals surface area contributed by atoms with Gasteiger partial charge in [0, 0.05) is 32.3 Å². The van der Waals surface area contributed by atoms with Gasteiger partial charge >= 0.3 is 5.97 Å². The molecule has 0 bridgehead atoms. The Morgan fingerprint density at radius 3 is 2.70 bits per heavy atom. The molecule has 23 heavy (non-hydrogen) atoms. The van der Waals surface area contributed by atoms with Crippen LogP contribution in [-0.2, 0) is 16.0 Å². The van der Waals surface area contributed by atoms with Gasteiger partial charge < -0.3 is 9.64 Å². The van der Waals surface area contributed by atoms with Gasteiger partial charge in [-0.1, -0.05) is 0 Å². The fourth-order valence-electron chi connectivity index (χ4n) is 2.42. The van der Waals surface area contributed by atoms with Crippen molar-refractivity contribution >= 4 is 11.8 Å². The van der Waals surface area contributed by atoms with Crippen molar-refractivity contribution in [3.63, 3.8) is 0 Å². The van der Waals surface area contributed by atoms with E-state index < -0.39 is 0 Å². The van der Waals surface area contributed by atoms with Gasteiger partial charge in [-0.05, 0) is 32.8 Å². The minimum absolute atomic E-state index is 0.184. The van der Waals surface area contributed by atoms with E-state index in [4.69, 9.17) is 4.74 Å². The molecule has 0 aliphatic rings. The molecule has 0 atom stereocenters. The molecule has 7 nitrogen and oxygen atoms in total. The lowest BCUT2D eigenvalue weighted by molar-refractivity contribution is -0.143. The number of hydrogen-bond donors (Lipinski definition) is 0. The molecule has 0 N–H and O–H groups in total. The summed E-state index contributed by atoms with van der Waals surface area (Å²) < 4.78 is 6.78. The number of ether oxygens (including phenoxy) is 1. The average molecular weight is 317 g/mol. The van der Waals surface area contributed by atoms with Crippen molar-refractivity contribution in [2.45, 2.75) is 33.6 Å². The smallest absolute Gasteiger partial charge is 0.306 e. The number of anilines is 1. The third kappa shape index (κ3) is 3.85. The summed E-state index contributed by atoms with van der Waals surface area (Å²) in [4.78, 5) is 22.0. The highest BCUT2D eigenvalue weighted by Gasteiger charge is 2.15. The third-order valence-electron chi connectivity index (χ3n) is 3.64. The molecule has 0 saturated carbocycles. The summed E-state index contributed by atoms with van der Waals surface area (Å²) in [5, 5.41) is 4.56. The number of aryl methyl sites for hydroxylation is 1. The van der Waals surface area contributed by atoms with Crippen molar-refractivity contribution in [1.29, 1.82) is 0 Å². The van der Waals surface area contributed by atoms with E-state index in [1.165, 1.54) is 6.33 Å². The number of esters is 1. The van der Waals surface area contributed by atoms with Crippen LogP contribution in [0.4, 0.5) is 5.82 Å². The molecule has 2 heterocycles. The molecular formula is C16H23N5O2. The van der Waals surface area contributed by atoms with Gasteiger partial charge in [0.25, 0.3) is 0 Å². The van der Waals surface area contributed by atoms with Crippen LogP contribution < -0.4 is 4.90 Å². The monoisotopic (exact) mass is 317 g/mol. The van der Waals surface area contributed by atoms with Crippen molar-refractivity contribution in [1.82, 2.24) is 19.7 Å². The fraction of sp³-hybridized carbons (Fsp3) is 0.500. The highest BCUT2D eigenvalue weighted by Crippen LogP contribution is 2.20. The maximum atomic E-state index is 11.6. The van der Waals surface area contributed by atoms with Crippen LogP contribution in [0.3, 0.4) is 0 Å². The lowest BCUT2D eigenvalue weighted by Gasteiger charge is -2.12. The first-order chi connectivity index (χ1) is 10.9.